The van der Waals surface area contributed by atoms with Crippen LogP contribution >= 0.6 is 11.6 Å². The molecule has 0 fully saturated rings. The molecule has 3 nitrogen and oxygen atoms in total. The topological polar surface area (TPSA) is 41.6 Å². The Morgan fingerprint density at radius 1 is 0.944 bits per heavy atom. The first kappa shape index (κ1) is 11.0. The van der Waals surface area contributed by atoms with E-state index in [9.17, 15) is 0 Å². The summed E-state index contributed by atoms with van der Waals surface area (Å²) in [5.74, 6) is 0. The van der Waals surface area contributed by atoms with Gasteiger partial charge in [0.2, 0.25) is 0 Å². The van der Waals surface area contributed by atoms with E-state index in [-0.39, 0.29) is 0 Å². The smallest absolute Gasteiger partial charge is 0.113 e. The molecule has 0 atom stereocenters. The van der Waals surface area contributed by atoms with Crippen LogP contribution in [0.5, 0.6) is 0 Å². The van der Waals surface area contributed by atoms with E-state index in [2.05, 4.69) is 21.5 Å². The molecule has 0 bridgehead atoms. The second kappa shape index (κ2) is 4.63. The van der Waals surface area contributed by atoms with E-state index in [1.807, 2.05) is 42.5 Å². The Hall–Kier alpha value is -2.13. The Balaban J connectivity index is 2.18. The van der Waals surface area contributed by atoms with Crippen molar-refractivity contribution in [3.63, 3.8) is 0 Å². The highest BCUT2D eigenvalue weighted by molar-refractivity contribution is 6.30. The SMILES string of the molecule is Clc1cccc(-c2ccccc2-c2cn[nH]n2)c1. The molecule has 1 heterocycles. The molecule has 88 valence electrons. The normalized spacial score (nSPS) is 10.5. The van der Waals surface area contributed by atoms with Crippen LogP contribution in [0, 0.1) is 0 Å². The molecule has 0 saturated heterocycles. The second-order valence-electron chi connectivity index (χ2n) is 3.91. The standard InChI is InChI=1S/C14H10ClN3/c15-11-5-3-4-10(8-11)12-6-1-2-7-13(12)14-9-16-18-17-14/h1-9H,(H,16,17,18). The monoisotopic (exact) mass is 255 g/mol. The van der Waals surface area contributed by atoms with E-state index in [0.717, 1.165) is 27.4 Å². The van der Waals surface area contributed by atoms with Crippen molar-refractivity contribution in [2.45, 2.75) is 0 Å². The Morgan fingerprint density at radius 3 is 2.50 bits per heavy atom. The Morgan fingerprint density at radius 2 is 1.78 bits per heavy atom. The predicted molar refractivity (Wildman–Crippen MR) is 72.3 cm³/mol. The minimum atomic E-state index is 0.724. The molecular weight excluding hydrogens is 246 g/mol. The lowest BCUT2D eigenvalue weighted by atomic mass is 9.98. The number of hydrogen-bond acceptors (Lipinski definition) is 2. The van der Waals surface area contributed by atoms with Crippen molar-refractivity contribution >= 4 is 11.6 Å². The van der Waals surface area contributed by atoms with Crippen molar-refractivity contribution in [2.75, 3.05) is 0 Å². The van der Waals surface area contributed by atoms with Gasteiger partial charge in [0.15, 0.2) is 0 Å². The molecule has 0 aliphatic rings. The number of benzene rings is 2. The van der Waals surface area contributed by atoms with E-state index < -0.39 is 0 Å². The van der Waals surface area contributed by atoms with Crippen molar-refractivity contribution in [3.05, 3.63) is 59.8 Å². The van der Waals surface area contributed by atoms with Crippen molar-refractivity contribution in [1.29, 1.82) is 0 Å². The summed E-state index contributed by atoms with van der Waals surface area (Å²) < 4.78 is 0. The van der Waals surface area contributed by atoms with Gasteiger partial charge in [-0.2, -0.15) is 15.4 Å². The Bertz CT molecular complexity index is 662. The molecule has 3 aromatic rings. The lowest BCUT2D eigenvalue weighted by Gasteiger charge is -2.07. The second-order valence-corrected chi connectivity index (χ2v) is 4.35. The number of halogens is 1. The largest absolute Gasteiger partial charge is 0.197 e. The number of nitrogens with zero attached hydrogens (tertiary/aromatic N) is 2. The van der Waals surface area contributed by atoms with Crippen molar-refractivity contribution in [3.8, 4) is 22.4 Å². The summed E-state index contributed by atoms with van der Waals surface area (Å²) in [6.07, 6.45) is 1.71. The third-order valence-electron chi connectivity index (χ3n) is 2.75. The zero-order valence-electron chi connectivity index (χ0n) is 9.47. The quantitative estimate of drug-likeness (QED) is 0.757. The fourth-order valence-electron chi connectivity index (χ4n) is 1.95. The van der Waals surface area contributed by atoms with Gasteiger partial charge in [0.25, 0.3) is 0 Å². The van der Waals surface area contributed by atoms with Gasteiger partial charge < -0.3 is 0 Å². The summed E-state index contributed by atoms with van der Waals surface area (Å²) in [4.78, 5) is 0. The molecule has 3 rings (SSSR count). The fourth-order valence-corrected chi connectivity index (χ4v) is 2.14. The van der Waals surface area contributed by atoms with Crippen molar-refractivity contribution in [2.24, 2.45) is 0 Å². The van der Waals surface area contributed by atoms with Gasteiger partial charge in [-0.15, -0.1) is 0 Å². The van der Waals surface area contributed by atoms with Gasteiger partial charge in [0.05, 0.1) is 6.20 Å². The molecule has 1 N–H and O–H groups in total. The average Bonchev–Trinajstić information content (AvgIpc) is 2.92. The summed E-state index contributed by atoms with van der Waals surface area (Å²) in [5, 5.41) is 11.3. The molecule has 0 aliphatic heterocycles. The number of aromatic amines is 1. The molecule has 0 radical (unpaired) electrons. The molecule has 1 aromatic heterocycles. The summed E-state index contributed by atoms with van der Waals surface area (Å²) >= 11 is 6.04. The maximum Gasteiger partial charge on any atom is 0.113 e. The molecule has 0 aliphatic carbocycles. The van der Waals surface area contributed by atoms with E-state index in [1.54, 1.807) is 6.20 Å². The van der Waals surface area contributed by atoms with Gasteiger partial charge in [-0.3, -0.25) is 0 Å². The van der Waals surface area contributed by atoms with Crippen molar-refractivity contribution in [1.82, 2.24) is 15.4 Å². The van der Waals surface area contributed by atoms with Gasteiger partial charge in [-0.1, -0.05) is 48.0 Å². The lowest BCUT2D eigenvalue weighted by molar-refractivity contribution is 0.942. The number of hydrogen-bond donors (Lipinski definition) is 1. The highest BCUT2D eigenvalue weighted by Gasteiger charge is 2.08. The van der Waals surface area contributed by atoms with E-state index >= 15 is 0 Å². The fraction of sp³-hybridized carbons (Fsp3) is 0. The van der Waals surface area contributed by atoms with E-state index in [4.69, 9.17) is 11.6 Å². The molecule has 4 heteroatoms. The Labute approximate surface area is 109 Å². The van der Waals surface area contributed by atoms with Gasteiger partial charge >= 0.3 is 0 Å². The van der Waals surface area contributed by atoms with Gasteiger partial charge in [0.1, 0.15) is 5.69 Å². The molecule has 0 amide bonds. The summed E-state index contributed by atoms with van der Waals surface area (Å²) in [5.41, 5.74) is 4.02. The zero-order valence-corrected chi connectivity index (χ0v) is 10.2. The first-order chi connectivity index (χ1) is 8.84. The van der Waals surface area contributed by atoms with Crippen LogP contribution in [0.3, 0.4) is 0 Å². The van der Waals surface area contributed by atoms with Crippen molar-refractivity contribution < 1.29 is 0 Å². The third kappa shape index (κ3) is 2.00. The Kier molecular flexibility index (Phi) is 2.82. The molecular formula is C14H10ClN3. The number of rotatable bonds is 2. The van der Waals surface area contributed by atoms with Gasteiger partial charge in [-0.05, 0) is 23.3 Å². The maximum absolute atomic E-state index is 6.04. The van der Waals surface area contributed by atoms with Crippen LogP contribution in [-0.2, 0) is 0 Å². The van der Waals surface area contributed by atoms with Gasteiger partial charge in [-0.25, -0.2) is 0 Å². The minimum Gasteiger partial charge on any atom is -0.197 e. The average molecular weight is 256 g/mol. The summed E-state index contributed by atoms with van der Waals surface area (Å²) in [7, 11) is 0. The van der Waals surface area contributed by atoms with E-state index in [1.165, 1.54) is 0 Å². The third-order valence-corrected chi connectivity index (χ3v) is 2.99. The molecule has 0 saturated carbocycles. The maximum atomic E-state index is 6.04. The zero-order chi connectivity index (χ0) is 12.4. The van der Waals surface area contributed by atoms with Gasteiger partial charge in [0, 0.05) is 10.6 Å². The molecule has 2 aromatic carbocycles. The molecule has 18 heavy (non-hydrogen) atoms. The number of H-pyrrole nitrogens is 1. The molecule has 0 spiro atoms. The predicted octanol–water partition coefficient (Wildman–Crippen LogP) is 3.79. The minimum absolute atomic E-state index is 0.724. The van der Waals surface area contributed by atoms with Crippen LogP contribution in [0.2, 0.25) is 5.02 Å². The summed E-state index contributed by atoms with van der Waals surface area (Å²) in [6, 6.07) is 15.8. The number of aromatic nitrogens is 3. The molecule has 0 unspecified atom stereocenters. The van der Waals surface area contributed by atoms with Crippen LogP contribution < -0.4 is 0 Å². The van der Waals surface area contributed by atoms with E-state index in [0.29, 0.717) is 0 Å². The van der Waals surface area contributed by atoms with Crippen LogP contribution in [0.15, 0.2) is 54.7 Å². The van der Waals surface area contributed by atoms with Crippen LogP contribution in [0.4, 0.5) is 0 Å². The van der Waals surface area contributed by atoms with Crippen LogP contribution in [0.1, 0.15) is 0 Å². The highest BCUT2D eigenvalue weighted by atomic mass is 35.5. The van der Waals surface area contributed by atoms with Crippen LogP contribution in [0.25, 0.3) is 22.4 Å². The number of nitrogens with one attached hydrogen (secondary N) is 1. The van der Waals surface area contributed by atoms with Crippen LogP contribution in [-0.4, -0.2) is 15.4 Å². The first-order valence-corrected chi connectivity index (χ1v) is 5.93. The summed E-state index contributed by atoms with van der Waals surface area (Å²) in [6.45, 7) is 0. The first-order valence-electron chi connectivity index (χ1n) is 5.56. The lowest BCUT2D eigenvalue weighted by Crippen LogP contribution is -1.85. The highest BCUT2D eigenvalue weighted by Crippen LogP contribution is 2.31.